The van der Waals surface area contributed by atoms with Crippen LogP contribution in [0, 0.1) is 5.92 Å². The van der Waals surface area contributed by atoms with Crippen molar-refractivity contribution in [2.75, 3.05) is 13.1 Å². The standard InChI is InChI=1S/C19H24N2O2/c22-17(20-16-6-7-16)12-14-8-11-21(13-14)18(23)19(9-10-19)15-4-2-1-3-5-15/h1-5,14,16H,6-13H2,(H,20,22). The van der Waals surface area contributed by atoms with Crippen LogP contribution in [0.1, 0.15) is 44.1 Å². The Balaban J connectivity index is 1.36. The number of hydrogen-bond donors (Lipinski definition) is 1. The summed E-state index contributed by atoms with van der Waals surface area (Å²) in [5.41, 5.74) is 0.881. The van der Waals surface area contributed by atoms with Gasteiger partial charge in [0.15, 0.2) is 0 Å². The van der Waals surface area contributed by atoms with Crippen LogP contribution < -0.4 is 5.32 Å². The van der Waals surface area contributed by atoms with Gasteiger partial charge in [-0.3, -0.25) is 9.59 Å². The molecule has 4 rings (SSSR count). The SMILES string of the molecule is O=C(CC1CCN(C(=O)C2(c3ccccc3)CC2)C1)NC1CC1. The van der Waals surface area contributed by atoms with E-state index in [0.717, 1.165) is 50.8 Å². The topological polar surface area (TPSA) is 49.4 Å². The maximum absolute atomic E-state index is 13.0. The van der Waals surface area contributed by atoms with Gasteiger partial charge >= 0.3 is 0 Å². The molecule has 1 N–H and O–H groups in total. The Labute approximate surface area is 137 Å². The normalized spacial score (nSPS) is 25.2. The van der Waals surface area contributed by atoms with Gasteiger partial charge in [0, 0.05) is 25.6 Å². The minimum atomic E-state index is -0.271. The minimum Gasteiger partial charge on any atom is -0.353 e. The fourth-order valence-corrected chi connectivity index (χ4v) is 3.77. The van der Waals surface area contributed by atoms with Gasteiger partial charge in [0.25, 0.3) is 0 Å². The number of nitrogens with one attached hydrogen (secondary N) is 1. The van der Waals surface area contributed by atoms with Crippen LogP contribution in [-0.2, 0) is 15.0 Å². The molecule has 0 bridgehead atoms. The lowest BCUT2D eigenvalue weighted by atomic mass is 9.94. The van der Waals surface area contributed by atoms with Crippen LogP contribution in [0.4, 0.5) is 0 Å². The molecule has 4 nitrogen and oxygen atoms in total. The molecule has 0 spiro atoms. The van der Waals surface area contributed by atoms with E-state index in [1.165, 1.54) is 0 Å². The molecule has 0 radical (unpaired) electrons. The Morgan fingerprint density at radius 3 is 2.52 bits per heavy atom. The quantitative estimate of drug-likeness (QED) is 0.906. The fraction of sp³-hybridized carbons (Fsp3) is 0.579. The van der Waals surface area contributed by atoms with E-state index in [4.69, 9.17) is 0 Å². The van der Waals surface area contributed by atoms with Crippen LogP contribution in [0.15, 0.2) is 30.3 Å². The number of carbonyl (C=O) groups is 2. The van der Waals surface area contributed by atoms with Gasteiger partial charge in [-0.05, 0) is 43.6 Å². The first-order valence-electron chi connectivity index (χ1n) is 8.82. The summed E-state index contributed by atoms with van der Waals surface area (Å²) < 4.78 is 0. The minimum absolute atomic E-state index is 0.163. The van der Waals surface area contributed by atoms with Gasteiger partial charge in [-0.25, -0.2) is 0 Å². The van der Waals surface area contributed by atoms with Crippen LogP contribution in [0.3, 0.4) is 0 Å². The molecule has 2 aliphatic carbocycles. The molecule has 1 heterocycles. The highest BCUT2D eigenvalue weighted by molar-refractivity contribution is 5.91. The van der Waals surface area contributed by atoms with Crippen molar-refractivity contribution in [1.29, 1.82) is 0 Å². The van der Waals surface area contributed by atoms with Gasteiger partial charge in [-0.2, -0.15) is 0 Å². The molecule has 1 saturated heterocycles. The van der Waals surface area contributed by atoms with Gasteiger partial charge in [0.2, 0.25) is 11.8 Å². The zero-order valence-electron chi connectivity index (χ0n) is 13.5. The number of rotatable bonds is 5. The van der Waals surface area contributed by atoms with Gasteiger partial charge in [-0.15, -0.1) is 0 Å². The summed E-state index contributed by atoms with van der Waals surface area (Å²) in [4.78, 5) is 26.9. The first kappa shape index (κ1) is 14.7. The molecular formula is C19H24N2O2. The summed E-state index contributed by atoms with van der Waals surface area (Å²) in [6, 6.07) is 10.6. The van der Waals surface area contributed by atoms with E-state index in [1.807, 2.05) is 23.1 Å². The third-order valence-electron chi connectivity index (χ3n) is 5.48. The third kappa shape index (κ3) is 2.99. The Bertz CT molecular complexity index is 605. The summed E-state index contributed by atoms with van der Waals surface area (Å²) in [6.07, 6.45) is 5.69. The number of amides is 2. The van der Waals surface area contributed by atoms with E-state index in [2.05, 4.69) is 17.4 Å². The number of likely N-dealkylation sites (tertiary alicyclic amines) is 1. The smallest absolute Gasteiger partial charge is 0.233 e. The fourth-order valence-electron chi connectivity index (χ4n) is 3.77. The van der Waals surface area contributed by atoms with Crippen LogP contribution in [-0.4, -0.2) is 35.8 Å². The first-order chi connectivity index (χ1) is 11.2. The van der Waals surface area contributed by atoms with Gasteiger partial charge < -0.3 is 10.2 Å². The van der Waals surface area contributed by atoms with Crippen molar-refractivity contribution >= 4 is 11.8 Å². The molecule has 2 amide bonds. The average molecular weight is 312 g/mol. The second-order valence-electron chi connectivity index (χ2n) is 7.40. The summed E-state index contributed by atoms with van der Waals surface area (Å²) >= 11 is 0. The van der Waals surface area contributed by atoms with Crippen molar-refractivity contribution in [3.05, 3.63) is 35.9 Å². The van der Waals surface area contributed by atoms with E-state index < -0.39 is 0 Å². The van der Waals surface area contributed by atoms with Gasteiger partial charge in [0.1, 0.15) is 0 Å². The molecule has 3 aliphatic rings. The Hall–Kier alpha value is -1.84. The maximum Gasteiger partial charge on any atom is 0.233 e. The molecule has 1 aromatic carbocycles. The van der Waals surface area contributed by atoms with Crippen LogP contribution >= 0.6 is 0 Å². The van der Waals surface area contributed by atoms with Crippen molar-refractivity contribution in [1.82, 2.24) is 10.2 Å². The highest BCUT2D eigenvalue weighted by Crippen LogP contribution is 2.50. The summed E-state index contributed by atoms with van der Waals surface area (Å²) in [7, 11) is 0. The molecule has 1 aliphatic heterocycles. The van der Waals surface area contributed by atoms with E-state index >= 15 is 0 Å². The Morgan fingerprint density at radius 2 is 1.87 bits per heavy atom. The monoisotopic (exact) mass is 312 g/mol. The van der Waals surface area contributed by atoms with Crippen molar-refractivity contribution in [2.24, 2.45) is 5.92 Å². The molecule has 23 heavy (non-hydrogen) atoms. The number of nitrogens with zero attached hydrogens (tertiary/aromatic N) is 1. The van der Waals surface area contributed by atoms with Crippen LogP contribution in [0.5, 0.6) is 0 Å². The molecule has 122 valence electrons. The average Bonchev–Trinajstić information content (AvgIpc) is 3.48. The molecule has 0 aromatic heterocycles. The summed E-state index contributed by atoms with van der Waals surface area (Å²) in [5.74, 6) is 0.758. The number of hydrogen-bond acceptors (Lipinski definition) is 2. The Morgan fingerprint density at radius 1 is 1.13 bits per heavy atom. The van der Waals surface area contributed by atoms with E-state index in [0.29, 0.717) is 18.4 Å². The third-order valence-corrected chi connectivity index (χ3v) is 5.48. The summed E-state index contributed by atoms with van der Waals surface area (Å²) in [5, 5.41) is 3.05. The predicted octanol–water partition coefficient (Wildman–Crippen LogP) is 2.24. The second kappa shape index (κ2) is 5.66. The predicted molar refractivity (Wildman–Crippen MR) is 87.8 cm³/mol. The molecule has 1 unspecified atom stereocenters. The molecule has 2 saturated carbocycles. The van der Waals surface area contributed by atoms with Crippen molar-refractivity contribution in [2.45, 2.75) is 50.0 Å². The van der Waals surface area contributed by atoms with Gasteiger partial charge in [0.05, 0.1) is 5.41 Å². The zero-order valence-corrected chi connectivity index (χ0v) is 13.5. The largest absolute Gasteiger partial charge is 0.353 e. The van der Waals surface area contributed by atoms with Crippen molar-refractivity contribution < 1.29 is 9.59 Å². The number of benzene rings is 1. The van der Waals surface area contributed by atoms with E-state index in [-0.39, 0.29) is 17.2 Å². The first-order valence-corrected chi connectivity index (χ1v) is 8.82. The van der Waals surface area contributed by atoms with Crippen molar-refractivity contribution in [3.63, 3.8) is 0 Å². The lowest BCUT2D eigenvalue weighted by molar-refractivity contribution is -0.133. The lowest BCUT2D eigenvalue weighted by Gasteiger charge is -2.23. The number of carbonyl (C=O) groups excluding carboxylic acids is 2. The van der Waals surface area contributed by atoms with Crippen LogP contribution in [0.2, 0.25) is 0 Å². The van der Waals surface area contributed by atoms with Gasteiger partial charge in [-0.1, -0.05) is 30.3 Å². The molecular weight excluding hydrogens is 288 g/mol. The molecule has 1 atom stereocenters. The van der Waals surface area contributed by atoms with E-state index in [9.17, 15) is 9.59 Å². The molecule has 4 heteroatoms. The molecule has 1 aromatic rings. The zero-order chi connectivity index (χ0) is 15.9. The molecule has 3 fully saturated rings. The lowest BCUT2D eigenvalue weighted by Crippen LogP contribution is -2.38. The second-order valence-corrected chi connectivity index (χ2v) is 7.40. The summed E-state index contributed by atoms with van der Waals surface area (Å²) in [6.45, 7) is 1.54. The highest BCUT2D eigenvalue weighted by Gasteiger charge is 2.53. The Kier molecular flexibility index (Phi) is 3.63. The van der Waals surface area contributed by atoms with Crippen LogP contribution in [0.25, 0.3) is 0 Å². The van der Waals surface area contributed by atoms with E-state index in [1.54, 1.807) is 0 Å². The highest BCUT2D eigenvalue weighted by atomic mass is 16.2. The maximum atomic E-state index is 13.0. The van der Waals surface area contributed by atoms with Crippen molar-refractivity contribution in [3.8, 4) is 0 Å².